The van der Waals surface area contributed by atoms with Gasteiger partial charge in [0, 0.05) is 0 Å². The van der Waals surface area contributed by atoms with E-state index in [9.17, 15) is 9.59 Å². The van der Waals surface area contributed by atoms with Crippen LogP contribution in [0.4, 0.5) is 0 Å². The first kappa shape index (κ1) is 21.7. The average Bonchev–Trinajstić information content (AvgIpc) is 2.67. The molecule has 0 bridgehead atoms. The highest BCUT2D eigenvalue weighted by atomic mass is 16.6. The molecular weight excluding hydrogens is 336 g/mol. The van der Waals surface area contributed by atoms with Gasteiger partial charge in [-0.2, -0.15) is 0 Å². The van der Waals surface area contributed by atoms with Crippen molar-refractivity contribution in [2.45, 2.75) is 105 Å². The van der Waals surface area contributed by atoms with Gasteiger partial charge in [-0.15, -0.1) is 0 Å². The molecule has 0 atom stereocenters. The molecule has 1 aliphatic rings. The lowest BCUT2D eigenvalue weighted by Gasteiger charge is -2.41. The van der Waals surface area contributed by atoms with Crippen LogP contribution in [0.2, 0.25) is 0 Å². The van der Waals surface area contributed by atoms with E-state index < -0.39 is 11.9 Å². The number of ether oxygens (including phenoxy) is 1. The Bertz CT molecular complexity index is 745. The third-order valence-corrected chi connectivity index (χ3v) is 5.09. The molecule has 3 heteroatoms. The number of carbonyl (C=O) groups is 2. The molecule has 2 rings (SSSR count). The first-order chi connectivity index (χ1) is 11.8. The minimum atomic E-state index is -0.503. The van der Waals surface area contributed by atoms with Crippen molar-refractivity contribution in [1.82, 2.24) is 0 Å². The molecule has 27 heavy (non-hydrogen) atoms. The summed E-state index contributed by atoms with van der Waals surface area (Å²) in [7, 11) is 0. The van der Waals surface area contributed by atoms with E-state index >= 15 is 0 Å². The fourth-order valence-corrected chi connectivity index (χ4v) is 4.34. The van der Waals surface area contributed by atoms with Crippen LogP contribution < -0.4 is 0 Å². The zero-order chi connectivity index (χ0) is 21.3. The molecule has 0 unspecified atom stereocenters. The van der Waals surface area contributed by atoms with Crippen molar-refractivity contribution in [3.8, 4) is 0 Å². The second-order valence-corrected chi connectivity index (χ2v) is 11.9. The van der Waals surface area contributed by atoms with Gasteiger partial charge in [-0.3, -0.25) is 0 Å². The number of cyclic esters (lactones) is 2. The van der Waals surface area contributed by atoms with E-state index in [0.29, 0.717) is 11.1 Å². The first-order valence-corrected chi connectivity index (χ1v) is 9.82. The van der Waals surface area contributed by atoms with Crippen LogP contribution >= 0.6 is 0 Å². The monoisotopic (exact) mass is 372 g/mol. The van der Waals surface area contributed by atoms with Crippen molar-refractivity contribution in [2.24, 2.45) is 0 Å². The lowest BCUT2D eigenvalue weighted by atomic mass is 9.62. The fraction of sp³-hybridized carbons (Fsp3) is 0.667. The molecule has 0 spiro atoms. The average molecular weight is 373 g/mol. The summed E-state index contributed by atoms with van der Waals surface area (Å²) >= 11 is 0. The Morgan fingerprint density at radius 3 is 0.852 bits per heavy atom. The summed E-state index contributed by atoms with van der Waals surface area (Å²) < 4.78 is 5.16. The number of hydrogen-bond donors (Lipinski definition) is 0. The van der Waals surface area contributed by atoms with E-state index in [1.165, 1.54) is 11.1 Å². The fourth-order valence-electron chi connectivity index (χ4n) is 4.34. The van der Waals surface area contributed by atoms with Gasteiger partial charge >= 0.3 is 11.9 Å². The number of rotatable bonds is 0. The molecule has 0 amide bonds. The molecule has 0 aromatic heterocycles. The van der Waals surface area contributed by atoms with Gasteiger partial charge in [0.25, 0.3) is 0 Å². The van der Waals surface area contributed by atoms with Gasteiger partial charge in [0.05, 0.1) is 11.1 Å². The Balaban J connectivity index is 3.35. The highest BCUT2D eigenvalue weighted by Gasteiger charge is 2.47. The molecule has 0 radical (unpaired) electrons. The van der Waals surface area contributed by atoms with Crippen LogP contribution in [0.15, 0.2) is 0 Å². The topological polar surface area (TPSA) is 43.4 Å². The maximum atomic E-state index is 12.8. The minimum Gasteiger partial charge on any atom is -0.386 e. The highest BCUT2D eigenvalue weighted by molar-refractivity contribution is 6.17. The van der Waals surface area contributed by atoms with Gasteiger partial charge in [0.2, 0.25) is 0 Å². The number of carbonyl (C=O) groups excluding carboxylic acids is 2. The summed E-state index contributed by atoms with van der Waals surface area (Å²) in [5.41, 5.74) is 4.26. The maximum absolute atomic E-state index is 12.8. The predicted molar refractivity (Wildman–Crippen MR) is 111 cm³/mol. The lowest BCUT2D eigenvalue weighted by Crippen LogP contribution is -2.35. The molecule has 0 N–H and O–H groups in total. The summed E-state index contributed by atoms with van der Waals surface area (Å²) in [5, 5.41) is 0. The Hall–Kier alpha value is -1.64. The first-order valence-electron chi connectivity index (χ1n) is 9.82. The van der Waals surface area contributed by atoms with Crippen LogP contribution in [-0.4, -0.2) is 11.9 Å². The summed E-state index contributed by atoms with van der Waals surface area (Å²) in [6.07, 6.45) is 0. The number of hydrogen-bond acceptors (Lipinski definition) is 3. The summed E-state index contributed by atoms with van der Waals surface area (Å²) in [6, 6.07) is 0. The molecule has 150 valence electrons. The van der Waals surface area contributed by atoms with Gasteiger partial charge in [0.15, 0.2) is 0 Å². The lowest BCUT2D eigenvalue weighted by molar-refractivity contribution is 0.0442. The smallest absolute Gasteiger partial charge is 0.347 e. The van der Waals surface area contributed by atoms with Crippen molar-refractivity contribution in [1.29, 1.82) is 0 Å². The Labute approximate surface area is 164 Å². The summed E-state index contributed by atoms with van der Waals surface area (Å²) in [5.74, 6) is -1.01. The van der Waals surface area contributed by atoms with E-state index in [1.54, 1.807) is 0 Å². The molecule has 0 aliphatic carbocycles. The van der Waals surface area contributed by atoms with Crippen molar-refractivity contribution in [3.63, 3.8) is 0 Å². The summed E-state index contributed by atoms with van der Waals surface area (Å²) in [6.45, 7) is 25.8. The van der Waals surface area contributed by atoms with Crippen LogP contribution in [0.5, 0.6) is 0 Å². The van der Waals surface area contributed by atoms with Gasteiger partial charge in [-0.05, 0) is 43.9 Å². The third kappa shape index (κ3) is 3.58. The van der Waals surface area contributed by atoms with Crippen LogP contribution in [0.3, 0.4) is 0 Å². The zero-order valence-electron chi connectivity index (χ0n) is 19.2. The zero-order valence-corrected chi connectivity index (χ0v) is 19.2. The summed E-state index contributed by atoms with van der Waals surface area (Å²) in [4.78, 5) is 25.6. The van der Waals surface area contributed by atoms with Crippen molar-refractivity contribution in [2.75, 3.05) is 0 Å². The van der Waals surface area contributed by atoms with E-state index in [4.69, 9.17) is 4.74 Å². The van der Waals surface area contributed by atoms with E-state index in [1.807, 2.05) is 0 Å². The van der Waals surface area contributed by atoms with Gasteiger partial charge in [0.1, 0.15) is 0 Å². The molecule has 1 heterocycles. The maximum Gasteiger partial charge on any atom is 0.347 e. The predicted octanol–water partition coefficient (Wildman–Crippen LogP) is 6.19. The molecular formula is C24H36O3. The van der Waals surface area contributed by atoms with Crippen molar-refractivity contribution in [3.05, 3.63) is 33.4 Å². The largest absolute Gasteiger partial charge is 0.386 e. The molecule has 1 aliphatic heterocycles. The third-order valence-electron chi connectivity index (χ3n) is 5.09. The van der Waals surface area contributed by atoms with Crippen LogP contribution in [0.25, 0.3) is 0 Å². The molecule has 0 saturated heterocycles. The number of benzene rings is 1. The Morgan fingerprint density at radius 1 is 0.444 bits per heavy atom. The van der Waals surface area contributed by atoms with Crippen molar-refractivity contribution >= 4 is 11.9 Å². The van der Waals surface area contributed by atoms with Gasteiger partial charge in [-0.25, -0.2) is 9.59 Å². The van der Waals surface area contributed by atoms with Gasteiger partial charge < -0.3 is 4.74 Å². The van der Waals surface area contributed by atoms with E-state index in [-0.39, 0.29) is 21.7 Å². The number of esters is 2. The minimum absolute atomic E-state index is 0.188. The second-order valence-electron chi connectivity index (χ2n) is 11.9. The SMILES string of the molecule is CC(C)(C)c1c2c(c(C(C)(C)C)c(C(C)(C)C)c1C(C)(C)C)C(=O)OC2=O. The molecule has 3 nitrogen and oxygen atoms in total. The molecule has 1 aromatic carbocycles. The normalized spacial score (nSPS) is 15.9. The van der Waals surface area contributed by atoms with Crippen molar-refractivity contribution < 1.29 is 14.3 Å². The molecule has 1 aromatic rings. The van der Waals surface area contributed by atoms with Crippen LogP contribution in [-0.2, 0) is 26.4 Å². The molecule has 0 saturated carbocycles. The second kappa shape index (κ2) is 5.93. The van der Waals surface area contributed by atoms with Gasteiger partial charge in [-0.1, -0.05) is 83.1 Å². The molecule has 0 fully saturated rings. The quantitative estimate of drug-likeness (QED) is 0.403. The standard InChI is InChI=1S/C24H36O3/c1-21(2,3)15-13-14(20(26)27-19(13)25)16(22(4,5)6)18(24(10,11)12)17(15)23(7,8)9/h1-12H3. The Morgan fingerprint density at radius 2 is 0.667 bits per heavy atom. The van der Waals surface area contributed by atoms with Crippen LogP contribution in [0.1, 0.15) is 126 Å². The van der Waals surface area contributed by atoms with E-state index in [0.717, 1.165) is 11.1 Å². The Kier molecular flexibility index (Phi) is 4.75. The highest BCUT2D eigenvalue weighted by Crippen LogP contribution is 2.50. The van der Waals surface area contributed by atoms with E-state index in [2.05, 4.69) is 83.1 Å². The van der Waals surface area contributed by atoms with Crippen LogP contribution in [0, 0.1) is 0 Å². The number of fused-ring (bicyclic) bond motifs is 1.